The van der Waals surface area contributed by atoms with Crippen LogP contribution in [0.25, 0.3) is 0 Å². The minimum atomic E-state index is 0.0680. The first-order valence-electron chi connectivity index (χ1n) is 9.68. The highest BCUT2D eigenvalue weighted by Gasteiger charge is 2.22. The number of benzene rings is 1. The molecule has 1 aromatic heterocycles. The molecular weight excluding hydrogens is 372 g/mol. The summed E-state index contributed by atoms with van der Waals surface area (Å²) in [4.78, 5) is 20.8. The van der Waals surface area contributed by atoms with Crippen LogP contribution in [0.15, 0.2) is 24.8 Å². The number of rotatable bonds is 8. The molecule has 0 saturated heterocycles. The van der Waals surface area contributed by atoms with Gasteiger partial charge in [0.15, 0.2) is 16.6 Å². The molecule has 5 nitrogen and oxygen atoms in total. The van der Waals surface area contributed by atoms with Crippen molar-refractivity contribution in [3.8, 4) is 11.5 Å². The molecule has 6 heteroatoms. The van der Waals surface area contributed by atoms with Crippen LogP contribution in [0.1, 0.15) is 41.0 Å². The molecule has 1 aliphatic carbocycles. The van der Waals surface area contributed by atoms with Crippen molar-refractivity contribution < 1.29 is 14.3 Å². The maximum Gasteiger partial charge on any atom is 0.229 e. The topological polar surface area (TPSA) is 51.7 Å². The Kier molecular flexibility index (Phi) is 6.73. The number of ether oxygens (including phenoxy) is 2. The van der Waals surface area contributed by atoms with Gasteiger partial charge in [-0.2, -0.15) is 0 Å². The Morgan fingerprint density at radius 3 is 2.75 bits per heavy atom. The number of fused-ring (bicyclic) bond motifs is 1. The number of amides is 1. The second-order valence-corrected chi connectivity index (χ2v) is 8.08. The van der Waals surface area contributed by atoms with E-state index in [9.17, 15) is 4.79 Å². The summed E-state index contributed by atoms with van der Waals surface area (Å²) in [5.41, 5.74) is 3.23. The predicted octanol–water partition coefficient (Wildman–Crippen LogP) is 4.50. The van der Waals surface area contributed by atoms with Gasteiger partial charge in [-0.15, -0.1) is 17.9 Å². The Bertz CT molecular complexity index is 836. The molecule has 0 spiro atoms. The van der Waals surface area contributed by atoms with Crippen molar-refractivity contribution in [3.63, 3.8) is 0 Å². The quantitative estimate of drug-likeness (QED) is 0.612. The number of nitrogens with zero attached hydrogens (tertiary/aromatic N) is 2. The number of methoxy groups -OCH3 is 2. The lowest BCUT2D eigenvalue weighted by molar-refractivity contribution is -0.118. The summed E-state index contributed by atoms with van der Waals surface area (Å²) in [5, 5.41) is 0.806. The Hall–Kier alpha value is -2.34. The monoisotopic (exact) mass is 400 g/mol. The average molecular weight is 401 g/mol. The van der Waals surface area contributed by atoms with E-state index in [1.807, 2.05) is 13.0 Å². The first kappa shape index (κ1) is 20.4. The molecule has 0 unspecified atom stereocenters. The number of hydrogen-bond donors (Lipinski definition) is 0. The van der Waals surface area contributed by atoms with Crippen molar-refractivity contribution in [2.24, 2.45) is 0 Å². The number of aromatic nitrogens is 1. The lowest BCUT2D eigenvalue weighted by atomic mass is 10.0. The van der Waals surface area contributed by atoms with Gasteiger partial charge in [0.2, 0.25) is 5.91 Å². The highest BCUT2D eigenvalue weighted by molar-refractivity contribution is 7.16. The van der Waals surface area contributed by atoms with Crippen LogP contribution in [0.3, 0.4) is 0 Å². The smallest absolute Gasteiger partial charge is 0.229 e. The van der Waals surface area contributed by atoms with Gasteiger partial charge < -0.3 is 9.47 Å². The molecule has 0 fully saturated rings. The van der Waals surface area contributed by atoms with Gasteiger partial charge in [-0.1, -0.05) is 12.1 Å². The van der Waals surface area contributed by atoms with Crippen LogP contribution < -0.4 is 14.4 Å². The third kappa shape index (κ3) is 4.38. The molecule has 3 rings (SSSR count). The molecule has 1 aromatic carbocycles. The average Bonchev–Trinajstić information content (AvgIpc) is 3.13. The van der Waals surface area contributed by atoms with Gasteiger partial charge in [0.05, 0.1) is 19.9 Å². The molecule has 28 heavy (non-hydrogen) atoms. The molecular formula is C22H28N2O3S. The van der Waals surface area contributed by atoms with Gasteiger partial charge in [0, 0.05) is 17.8 Å². The SMILES string of the molecule is C=CCN(C(=O)CCc1cc(C)c(OC)c(OC)c1)c1nc2c(s1)CCCC2. The van der Waals surface area contributed by atoms with Gasteiger partial charge in [-0.05, 0) is 56.2 Å². The Balaban J connectivity index is 1.73. The first-order valence-corrected chi connectivity index (χ1v) is 10.5. The van der Waals surface area contributed by atoms with E-state index in [1.54, 1.807) is 36.5 Å². The molecule has 0 saturated carbocycles. The number of anilines is 1. The molecule has 0 radical (unpaired) electrons. The number of aryl methyl sites for hydroxylation is 4. The maximum absolute atomic E-state index is 13.0. The fourth-order valence-corrected chi connectivity index (χ4v) is 4.80. The molecule has 0 N–H and O–H groups in total. The molecule has 1 heterocycles. The van der Waals surface area contributed by atoms with E-state index < -0.39 is 0 Å². The largest absolute Gasteiger partial charge is 0.493 e. The molecule has 150 valence electrons. The van der Waals surface area contributed by atoms with E-state index in [0.29, 0.717) is 25.1 Å². The molecule has 0 aliphatic heterocycles. The molecule has 2 aromatic rings. The van der Waals surface area contributed by atoms with Crippen molar-refractivity contribution in [2.75, 3.05) is 25.7 Å². The third-order valence-corrected chi connectivity index (χ3v) is 6.21. The van der Waals surface area contributed by atoms with Gasteiger partial charge in [0.25, 0.3) is 0 Å². The van der Waals surface area contributed by atoms with E-state index >= 15 is 0 Å². The minimum Gasteiger partial charge on any atom is -0.493 e. The van der Waals surface area contributed by atoms with Crippen molar-refractivity contribution >= 4 is 22.4 Å². The zero-order valence-electron chi connectivity index (χ0n) is 16.9. The van der Waals surface area contributed by atoms with E-state index in [1.165, 1.54) is 23.4 Å². The van der Waals surface area contributed by atoms with Crippen LogP contribution in [0.5, 0.6) is 11.5 Å². The number of hydrogen-bond acceptors (Lipinski definition) is 5. The van der Waals surface area contributed by atoms with Crippen LogP contribution in [0.2, 0.25) is 0 Å². The third-order valence-electron chi connectivity index (χ3n) is 5.03. The number of carbonyl (C=O) groups is 1. The summed E-state index contributed by atoms with van der Waals surface area (Å²) in [5.74, 6) is 1.50. The zero-order valence-corrected chi connectivity index (χ0v) is 17.7. The summed E-state index contributed by atoms with van der Waals surface area (Å²) in [6.45, 7) is 6.28. The lowest BCUT2D eigenvalue weighted by Crippen LogP contribution is -2.31. The fraction of sp³-hybridized carbons (Fsp3) is 0.455. The van der Waals surface area contributed by atoms with Crippen LogP contribution in [0.4, 0.5) is 5.13 Å². The van der Waals surface area contributed by atoms with E-state index in [2.05, 4.69) is 12.6 Å². The van der Waals surface area contributed by atoms with E-state index in [4.69, 9.17) is 14.5 Å². The highest BCUT2D eigenvalue weighted by Crippen LogP contribution is 2.34. The normalized spacial score (nSPS) is 13.0. The summed E-state index contributed by atoms with van der Waals surface area (Å²) in [6.07, 6.45) is 7.30. The van der Waals surface area contributed by atoms with Crippen molar-refractivity contribution in [2.45, 2.75) is 45.4 Å². The van der Waals surface area contributed by atoms with E-state index in [0.717, 1.165) is 34.8 Å². The molecule has 0 bridgehead atoms. The van der Waals surface area contributed by atoms with Gasteiger partial charge in [-0.25, -0.2) is 4.98 Å². The Morgan fingerprint density at radius 1 is 1.29 bits per heavy atom. The second kappa shape index (κ2) is 9.24. The van der Waals surface area contributed by atoms with E-state index in [-0.39, 0.29) is 5.91 Å². The molecule has 0 atom stereocenters. The Labute approximate surface area is 171 Å². The van der Waals surface area contributed by atoms with Crippen LogP contribution in [0, 0.1) is 6.92 Å². The fourth-order valence-electron chi connectivity index (χ4n) is 3.63. The van der Waals surface area contributed by atoms with Crippen LogP contribution in [-0.2, 0) is 24.1 Å². The van der Waals surface area contributed by atoms with Gasteiger partial charge in [0.1, 0.15) is 0 Å². The summed E-state index contributed by atoms with van der Waals surface area (Å²) in [7, 11) is 3.26. The Morgan fingerprint density at radius 2 is 2.07 bits per heavy atom. The first-order chi connectivity index (χ1) is 13.6. The van der Waals surface area contributed by atoms with Gasteiger partial charge in [-0.3, -0.25) is 9.69 Å². The minimum absolute atomic E-state index is 0.0680. The summed E-state index contributed by atoms with van der Waals surface area (Å²) in [6, 6.07) is 3.99. The summed E-state index contributed by atoms with van der Waals surface area (Å²) < 4.78 is 10.8. The van der Waals surface area contributed by atoms with Crippen molar-refractivity contribution in [3.05, 3.63) is 46.5 Å². The van der Waals surface area contributed by atoms with Crippen molar-refractivity contribution in [1.82, 2.24) is 4.98 Å². The highest BCUT2D eigenvalue weighted by atomic mass is 32.1. The standard InChI is InChI=1S/C22H28N2O3S/c1-5-12-24(22-23-17-8-6-7-9-19(17)28-22)20(25)11-10-16-13-15(2)21(27-4)18(14-16)26-3/h5,13-14H,1,6-12H2,2-4H3. The number of thiazole rings is 1. The summed E-state index contributed by atoms with van der Waals surface area (Å²) >= 11 is 1.66. The molecule has 1 aliphatic rings. The molecule has 1 amide bonds. The van der Waals surface area contributed by atoms with Crippen LogP contribution >= 0.6 is 11.3 Å². The van der Waals surface area contributed by atoms with Gasteiger partial charge >= 0.3 is 0 Å². The zero-order chi connectivity index (χ0) is 20.1. The lowest BCUT2D eigenvalue weighted by Gasteiger charge is -2.18. The number of carbonyl (C=O) groups excluding carboxylic acids is 1. The maximum atomic E-state index is 13.0. The predicted molar refractivity (Wildman–Crippen MR) is 114 cm³/mol. The van der Waals surface area contributed by atoms with Crippen molar-refractivity contribution in [1.29, 1.82) is 0 Å². The van der Waals surface area contributed by atoms with Crippen LogP contribution in [-0.4, -0.2) is 31.7 Å². The second-order valence-electron chi connectivity index (χ2n) is 7.01.